The monoisotopic (exact) mass is 367 g/mol. The van der Waals surface area contributed by atoms with Gasteiger partial charge in [-0.2, -0.15) is 17.0 Å². The minimum absolute atomic E-state index is 0.0561. The average molecular weight is 367 g/mol. The largest absolute Gasteiger partial charge is 0.372 e. The maximum atomic E-state index is 11.4. The first-order valence-electron chi connectivity index (χ1n) is 8.01. The van der Waals surface area contributed by atoms with E-state index in [-0.39, 0.29) is 12.5 Å². The van der Waals surface area contributed by atoms with Crippen LogP contribution in [-0.4, -0.2) is 60.4 Å². The lowest BCUT2D eigenvalue weighted by Gasteiger charge is -2.09. The minimum atomic E-state index is -0.166. The smallest absolute Gasteiger partial charge is 0.246 e. The molecule has 138 valence electrons. The molecule has 0 aliphatic rings. The van der Waals surface area contributed by atoms with E-state index in [2.05, 4.69) is 30.9 Å². The van der Waals surface area contributed by atoms with Gasteiger partial charge < -0.3 is 20.4 Å². The Hall–Kier alpha value is -2.25. The fraction of sp³-hybridized carbons (Fsp3) is 0.600. The summed E-state index contributed by atoms with van der Waals surface area (Å²) in [5.41, 5.74) is 2.13. The van der Waals surface area contributed by atoms with Gasteiger partial charge >= 0.3 is 0 Å². The molecule has 1 aromatic rings. The van der Waals surface area contributed by atoms with Gasteiger partial charge in [-0.05, 0) is 13.8 Å². The van der Waals surface area contributed by atoms with Crippen molar-refractivity contribution < 1.29 is 9.53 Å². The Labute approximate surface area is 152 Å². The van der Waals surface area contributed by atoms with Crippen molar-refractivity contribution >= 4 is 23.6 Å². The molecule has 1 aromatic heterocycles. The van der Waals surface area contributed by atoms with E-state index in [1.807, 2.05) is 20.0 Å². The number of carbonyl (C=O) groups is 1. The van der Waals surface area contributed by atoms with Crippen LogP contribution < -0.4 is 16.0 Å². The Bertz CT molecular complexity index is 583. The van der Waals surface area contributed by atoms with Crippen molar-refractivity contribution in [1.82, 2.24) is 25.9 Å². The van der Waals surface area contributed by atoms with Crippen molar-refractivity contribution in [3.05, 3.63) is 17.7 Å². The SMILES string of the molecule is CCOCC(=O)NCCNC(=NCCSCc1nc[nH]c1C)NC#N. The van der Waals surface area contributed by atoms with Gasteiger partial charge in [0, 0.05) is 36.9 Å². The number of nitrogens with zero attached hydrogens (tertiary/aromatic N) is 3. The summed E-state index contributed by atoms with van der Waals surface area (Å²) in [6, 6.07) is 0. The number of aromatic nitrogens is 2. The zero-order chi connectivity index (χ0) is 18.3. The lowest BCUT2D eigenvalue weighted by molar-refractivity contribution is -0.125. The molecule has 4 N–H and O–H groups in total. The molecule has 1 heterocycles. The highest BCUT2D eigenvalue weighted by Crippen LogP contribution is 2.11. The number of carbonyl (C=O) groups excluding carboxylic acids is 1. The van der Waals surface area contributed by atoms with E-state index in [1.165, 1.54) is 0 Å². The lowest BCUT2D eigenvalue weighted by atomic mass is 10.4. The number of nitriles is 1. The standard InChI is InChI=1S/C15H25N7O2S/c1-3-24-8-14(23)17-4-5-18-15(20-10-16)19-6-7-25-9-13-12(2)21-11-22-13/h11H,3-9H2,1-2H3,(H,17,23)(H,21,22)(H2,18,19,20). The maximum absolute atomic E-state index is 11.4. The van der Waals surface area contributed by atoms with Crippen LogP contribution in [0, 0.1) is 18.4 Å². The van der Waals surface area contributed by atoms with E-state index in [9.17, 15) is 4.79 Å². The zero-order valence-electron chi connectivity index (χ0n) is 14.6. The van der Waals surface area contributed by atoms with Crippen LogP contribution in [0.2, 0.25) is 0 Å². The van der Waals surface area contributed by atoms with Crippen molar-refractivity contribution in [1.29, 1.82) is 5.26 Å². The molecule has 0 atom stereocenters. The van der Waals surface area contributed by atoms with E-state index in [1.54, 1.807) is 18.1 Å². The van der Waals surface area contributed by atoms with Crippen LogP contribution in [0.25, 0.3) is 0 Å². The molecular weight excluding hydrogens is 342 g/mol. The molecule has 9 nitrogen and oxygen atoms in total. The highest BCUT2D eigenvalue weighted by atomic mass is 32.2. The molecule has 0 unspecified atom stereocenters. The van der Waals surface area contributed by atoms with Gasteiger partial charge in [-0.25, -0.2) is 4.98 Å². The molecule has 0 spiro atoms. The highest BCUT2D eigenvalue weighted by Gasteiger charge is 2.02. The fourth-order valence-corrected chi connectivity index (χ4v) is 2.59. The number of aryl methyl sites for hydroxylation is 1. The molecule has 0 bridgehead atoms. The second-order valence-electron chi connectivity index (χ2n) is 4.91. The summed E-state index contributed by atoms with van der Waals surface area (Å²) < 4.78 is 5.00. The number of H-pyrrole nitrogens is 1. The Balaban J connectivity index is 2.19. The Kier molecular flexibility index (Phi) is 10.9. The first-order valence-corrected chi connectivity index (χ1v) is 9.17. The van der Waals surface area contributed by atoms with Crippen LogP contribution in [0.15, 0.2) is 11.3 Å². The molecule has 10 heteroatoms. The zero-order valence-corrected chi connectivity index (χ0v) is 15.4. The number of thioether (sulfide) groups is 1. The number of hydrogen-bond acceptors (Lipinski definition) is 6. The highest BCUT2D eigenvalue weighted by molar-refractivity contribution is 7.98. The Morgan fingerprint density at radius 2 is 2.28 bits per heavy atom. The fourth-order valence-electron chi connectivity index (χ4n) is 1.74. The predicted octanol–water partition coefficient (Wildman–Crippen LogP) is 0.120. The van der Waals surface area contributed by atoms with Gasteiger partial charge in [0.2, 0.25) is 11.9 Å². The number of nitrogens with one attached hydrogen (secondary N) is 4. The third-order valence-corrected chi connectivity index (χ3v) is 3.98. The predicted molar refractivity (Wildman–Crippen MR) is 98.0 cm³/mol. The third-order valence-electron chi connectivity index (χ3n) is 3.03. The maximum Gasteiger partial charge on any atom is 0.246 e. The molecule has 25 heavy (non-hydrogen) atoms. The van der Waals surface area contributed by atoms with E-state index >= 15 is 0 Å². The normalized spacial score (nSPS) is 11.0. The van der Waals surface area contributed by atoms with Crippen LogP contribution >= 0.6 is 11.8 Å². The van der Waals surface area contributed by atoms with E-state index in [4.69, 9.17) is 10.00 Å². The van der Waals surface area contributed by atoms with E-state index < -0.39 is 0 Å². The van der Waals surface area contributed by atoms with Gasteiger partial charge in [-0.1, -0.05) is 0 Å². The summed E-state index contributed by atoms with van der Waals surface area (Å²) in [6.07, 6.45) is 3.53. The van der Waals surface area contributed by atoms with Gasteiger partial charge in [0.25, 0.3) is 0 Å². The second-order valence-corrected chi connectivity index (χ2v) is 6.01. The van der Waals surface area contributed by atoms with Crippen molar-refractivity contribution in [2.24, 2.45) is 4.99 Å². The average Bonchev–Trinajstić information content (AvgIpc) is 3.01. The van der Waals surface area contributed by atoms with Crippen LogP contribution in [0.5, 0.6) is 0 Å². The summed E-state index contributed by atoms with van der Waals surface area (Å²) in [5.74, 6) is 1.87. The van der Waals surface area contributed by atoms with Crippen molar-refractivity contribution in [2.45, 2.75) is 19.6 Å². The van der Waals surface area contributed by atoms with E-state index in [0.717, 1.165) is 22.9 Å². The van der Waals surface area contributed by atoms with Gasteiger partial charge in [-0.15, -0.1) is 0 Å². The van der Waals surface area contributed by atoms with Crippen molar-refractivity contribution in [3.8, 4) is 6.19 Å². The van der Waals surface area contributed by atoms with Crippen molar-refractivity contribution in [3.63, 3.8) is 0 Å². The number of aromatic amines is 1. The molecular formula is C15H25N7O2S. The molecule has 0 radical (unpaired) electrons. The summed E-state index contributed by atoms with van der Waals surface area (Å²) in [7, 11) is 0. The van der Waals surface area contributed by atoms with Gasteiger partial charge in [0.1, 0.15) is 6.61 Å². The quantitative estimate of drug-likeness (QED) is 0.144. The van der Waals surface area contributed by atoms with Crippen molar-refractivity contribution in [2.75, 3.05) is 38.6 Å². The topological polar surface area (TPSA) is 127 Å². The van der Waals surface area contributed by atoms with Crippen LogP contribution in [0.3, 0.4) is 0 Å². The molecule has 0 aromatic carbocycles. The molecule has 1 rings (SSSR count). The summed E-state index contributed by atoms with van der Waals surface area (Å²) in [4.78, 5) is 23.0. The molecule has 1 amide bonds. The first-order chi connectivity index (χ1) is 12.2. The second kappa shape index (κ2) is 13.1. The van der Waals surface area contributed by atoms with Crippen LogP contribution in [0.4, 0.5) is 0 Å². The number of guanidine groups is 1. The molecule has 0 fully saturated rings. The Morgan fingerprint density at radius 3 is 2.96 bits per heavy atom. The molecule has 0 aliphatic heterocycles. The van der Waals surface area contributed by atoms with Gasteiger partial charge in [-0.3, -0.25) is 15.1 Å². The number of rotatable bonds is 11. The minimum Gasteiger partial charge on any atom is -0.372 e. The molecule has 0 saturated carbocycles. The molecule has 0 aliphatic carbocycles. The number of ether oxygens (including phenoxy) is 1. The first kappa shape index (κ1) is 20.8. The van der Waals surface area contributed by atoms with Gasteiger partial charge in [0.15, 0.2) is 6.19 Å². The number of aliphatic imine (C=N–C) groups is 1. The number of hydrogen-bond donors (Lipinski definition) is 4. The van der Waals surface area contributed by atoms with Crippen LogP contribution in [-0.2, 0) is 15.3 Å². The lowest BCUT2D eigenvalue weighted by Crippen LogP contribution is -2.40. The number of imidazole rings is 1. The molecule has 0 saturated heterocycles. The summed E-state index contributed by atoms with van der Waals surface area (Å²) >= 11 is 1.73. The van der Waals surface area contributed by atoms with Gasteiger partial charge in [0.05, 0.1) is 18.6 Å². The van der Waals surface area contributed by atoms with Crippen LogP contribution in [0.1, 0.15) is 18.3 Å². The third kappa shape index (κ3) is 9.59. The van der Waals surface area contributed by atoms with E-state index in [0.29, 0.717) is 32.2 Å². The summed E-state index contributed by atoms with van der Waals surface area (Å²) in [5, 5.41) is 16.9. The number of amides is 1. The summed E-state index contributed by atoms with van der Waals surface area (Å²) in [6.45, 7) is 5.84. The Morgan fingerprint density at radius 1 is 1.48 bits per heavy atom.